The summed E-state index contributed by atoms with van der Waals surface area (Å²) in [5.41, 5.74) is 2.50. The van der Waals surface area contributed by atoms with Crippen LogP contribution in [-0.2, 0) is 11.3 Å². The molecule has 0 saturated carbocycles. The van der Waals surface area contributed by atoms with E-state index in [4.69, 9.17) is 9.15 Å². The number of furan rings is 1. The lowest BCUT2D eigenvalue weighted by molar-refractivity contribution is 0.0666. The highest BCUT2D eigenvalue weighted by molar-refractivity contribution is 5.96. The summed E-state index contributed by atoms with van der Waals surface area (Å²) < 4.78 is 12.6. The minimum absolute atomic E-state index is 0.0475. The Balaban J connectivity index is 1.91. The topological polar surface area (TPSA) is 60.5 Å². The molecule has 0 atom stereocenters. The van der Waals surface area contributed by atoms with E-state index in [0.717, 1.165) is 23.0 Å². The Labute approximate surface area is 153 Å². The zero-order valence-corrected chi connectivity index (χ0v) is 15.3. The van der Waals surface area contributed by atoms with E-state index < -0.39 is 0 Å². The number of amides is 1. The van der Waals surface area contributed by atoms with Crippen LogP contribution in [0.3, 0.4) is 0 Å². The van der Waals surface area contributed by atoms with Gasteiger partial charge in [0.1, 0.15) is 11.6 Å². The van der Waals surface area contributed by atoms with Crippen molar-refractivity contribution in [3.8, 4) is 5.82 Å². The molecule has 6 nitrogen and oxygen atoms in total. The first-order valence-electron chi connectivity index (χ1n) is 8.52. The number of ether oxygens (including phenoxy) is 1. The summed E-state index contributed by atoms with van der Waals surface area (Å²) in [7, 11) is 1.63. The molecular weight excluding hydrogens is 330 g/mol. The molecule has 3 aromatic heterocycles. The molecule has 0 aliphatic heterocycles. The molecule has 0 unspecified atom stereocenters. The molecule has 1 amide bonds. The quantitative estimate of drug-likeness (QED) is 0.653. The average Bonchev–Trinajstić information content (AvgIpc) is 3.26. The highest BCUT2D eigenvalue weighted by Gasteiger charge is 2.23. The van der Waals surface area contributed by atoms with E-state index >= 15 is 0 Å². The number of hydrogen-bond acceptors (Lipinski definition) is 4. The summed E-state index contributed by atoms with van der Waals surface area (Å²) >= 11 is 0. The van der Waals surface area contributed by atoms with Gasteiger partial charge in [0.05, 0.1) is 25.0 Å². The van der Waals surface area contributed by atoms with Crippen molar-refractivity contribution in [1.82, 2.24) is 14.5 Å². The Bertz CT molecular complexity index is 854. The molecule has 26 heavy (non-hydrogen) atoms. The van der Waals surface area contributed by atoms with Gasteiger partial charge in [-0.25, -0.2) is 4.98 Å². The lowest BCUT2D eigenvalue weighted by Gasteiger charge is -2.21. The monoisotopic (exact) mass is 353 g/mol. The minimum atomic E-state index is -0.0475. The summed E-state index contributed by atoms with van der Waals surface area (Å²) in [6, 6.07) is 11.3. The fourth-order valence-electron chi connectivity index (χ4n) is 3.03. The van der Waals surface area contributed by atoms with Crippen molar-refractivity contribution >= 4 is 5.91 Å². The molecule has 3 heterocycles. The van der Waals surface area contributed by atoms with E-state index in [1.165, 1.54) is 0 Å². The third kappa shape index (κ3) is 3.70. The molecule has 0 fully saturated rings. The van der Waals surface area contributed by atoms with Crippen molar-refractivity contribution in [2.24, 2.45) is 0 Å². The second-order valence-electron chi connectivity index (χ2n) is 6.11. The molecule has 0 aliphatic rings. The Morgan fingerprint density at radius 1 is 1.27 bits per heavy atom. The fraction of sp³-hybridized carbons (Fsp3) is 0.300. The molecular formula is C20H23N3O3. The fourth-order valence-corrected chi connectivity index (χ4v) is 3.03. The van der Waals surface area contributed by atoms with Crippen LogP contribution >= 0.6 is 0 Å². The molecule has 0 aromatic carbocycles. The van der Waals surface area contributed by atoms with Gasteiger partial charge in [-0.3, -0.25) is 4.79 Å². The molecule has 0 spiro atoms. The van der Waals surface area contributed by atoms with Crippen LogP contribution in [-0.4, -0.2) is 40.6 Å². The lowest BCUT2D eigenvalue weighted by atomic mass is 10.2. The molecule has 0 bridgehead atoms. The Hall–Kier alpha value is -2.86. The maximum atomic E-state index is 13.2. The normalized spacial score (nSPS) is 10.9. The van der Waals surface area contributed by atoms with Gasteiger partial charge in [0.25, 0.3) is 5.91 Å². The number of hydrogen-bond donors (Lipinski definition) is 0. The van der Waals surface area contributed by atoms with Crippen LogP contribution in [0.5, 0.6) is 0 Å². The summed E-state index contributed by atoms with van der Waals surface area (Å²) in [6.45, 7) is 5.28. The SMILES string of the molecule is COCCN(Cc1ccco1)C(=O)c1cc(C)n(-c2ccccn2)c1C. The predicted octanol–water partition coefficient (Wildman–Crippen LogP) is 3.37. The van der Waals surface area contributed by atoms with Crippen molar-refractivity contribution in [2.45, 2.75) is 20.4 Å². The molecule has 0 aliphatic carbocycles. The van der Waals surface area contributed by atoms with Crippen LogP contribution in [0.4, 0.5) is 0 Å². The molecule has 0 N–H and O–H groups in total. The van der Waals surface area contributed by atoms with E-state index in [-0.39, 0.29) is 5.91 Å². The van der Waals surface area contributed by atoms with E-state index in [9.17, 15) is 4.79 Å². The summed E-state index contributed by atoms with van der Waals surface area (Å²) in [5, 5.41) is 0. The van der Waals surface area contributed by atoms with E-state index in [1.807, 2.05) is 54.8 Å². The number of nitrogens with zero attached hydrogens (tertiary/aromatic N) is 3. The molecule has 136 valence electrons. The maximum Gasteiger partial charge on any atom is 0.256 e. The molecule has 0 radical (unpaired) electrons. The van der Waals surface area contributed by atoms with Gasteiger partial charge in [0, 0.05) is 31.2 Å². The van der Waals surface area contributed by atoms with Crippen molar-refractivity contribution < 1.29 is 13.9 Å². The Morgan fingerprint density at radius 2 is 2.12 bits per heavy atom. The molecule has 6 heteroatoms. The number of carbonyl (C=O) groups excluding carboxylic acids is 1. The summed E-state index contributed by atoms with van der Waals surface area (Å²) in [6.07, 6.45) is 3.36. The van der Waals surface area contributed by atoms with Crippen molar-refractivity contribution in [2.75, 3.05) is 20.3 Å². The van der Waals surface area contributed by atoms with Gasteiger partial charge in [-0.05, 0) is 44.2 Å². The van der Waals surface area contributed by atoms with E-state index in [2.05, 4.69) is 4.98 Å². The van der Waals surface area contributed by atoms with Gasteiger partial charge in [0.15, 0.2) is 0 Å². The number of aromatic nitrogens is 2. The van der Waals surface area contributed by atoms with E-state index in [0.29, 0.717) is 25.3 Å². The first-order chi connectivity index (χ1) is 12.6. The van der Waals surface area contributed by atoms with Gasteiger partial charge in [-0.15, -0.1) is 0 Å². The van der Waals surface area contributed by atoms with Gasteiger partial charge in [-0.1, -0.05) is 6.07 Å². The van der Waals surface area contributed by atoms with Crippen LogP contribution in [0, 0.1) is 13.8 Å². The molecule has 3 rings (SSSR count). The predicted molar refractivity (Wildman–Crippen MR) is 98.4 cm³/mol. The number of aryl methyl sites for hydroxylation is 1. The minimum Gasteiger partial charge on any atom is -0.467 e. The highest BCUT2D eigenvalue weighted by atomic mass is 16.5. The number of rotatable bonds is 7. The third-order valence-electron chi connectivity index (χ3n) is 4.32. The first-order valence-corrected chi connectivity index (χ1v) is 8.52. The Kier molecular flexibility index (Phi) is 5.53. The van der Waals surface area contributed by atoms with Crippen LogP contribution in [0.25, 0.3) is 5.82 Å². The zero-order valence-electron chi connectivity index (χ0n) is 15.3. The van der Waals surface area contributed by atoms with Crippen molar-refractivity contribution in [3.05, 3.63) is 71.6 Å². The largest absolute Gasteiger partial charge is 0.467 e. The lowest BCUT2D eigenvalue weighted by Crippen LogP contribution is -2.33. The van der Waals surface area contributed by atoms with Crippen LogP contribution in [0.2, 0.25) is 0 Å². The van der Waals surface area contributed by atoms with Gasteiger partial charge in [0.2, 0.25) is 0 Å². The maximum absolute atomic E-state index is 13.2. The van der Waals surface area contributed by atoms with Gasteiger partial charge >= 0.3 is 0 Å². The average molecular weight is 353 g/mol. The van der Waals surface area contributed by atoms with Crippen LogP contribution < -0.4 is 0 Å². The zero-order chi connectivity index (χ0) is 18.5. The second-order valence-corrected chi connectivity index (χ2v) is 6.11. The smallest absolute Gasteiger partial charge is 0.256 e. The second kappa shape index (κ2) is 8.01. The summed E-state index contributed by atoms with van der Waals surface area (Å²) in [5.74, 6) is 1.50. The van der Waals surface area contributed by atoms with Gasteiger partial charge < -0.3 is 18.6 Å². The Morgan fingerprint density at radius 3 is 2.77 bits per heavy atom. The first kappa shape index (κ1) is 17.9. The van der Waals surface area contributed by atoms with Crippen molar-refractivity contribution in [3.63, 3.8) is 0 Å². The standard InChI is InChI=1S/C20H23N3O3/c1-15-13-18(16(2)23(15)19-8-4-5-9-21-19)20(24)22(10-12-25-3)14-17-7-6-11-26-17/h4-9,11,13H,10,12,14H2,1-3H3. The van der Waals surface area contributed by atoms with Crippen LogP contribution in [0.15, 0.2) is 53.3 Å². The highest BCUT2D eigenvalue weighted by Crippen LogP contribution is 2.21. The molecule has 0 saturated heterocycles. The summed E-state index contributed by atoms with van der Waals surface area (Å²) in [4.78, 5) is 19.3. The number of pyridine rings is 1. The number of carbonyl (C=O) groups is 1. The molecule has 3 aromatic rings. The van der Waals surface area contributed by atoms with Crippen molar-refractivity contribution in [1.29, 1.82) is 0 Å². The van der Waals surface area contributed by atoms with Gasteiger partial charge in [-0.2, -0.15) is 0 Å². The van der Waals surface area contributed by atoms with E-state index in [1.54, 1.807) is 24.5 Å². The third-order valence-corrected chi connectivity index (χ3v) is 4.32. The van der Waals surface area contributed by atoms with Crippen LogP contribution in [0.1, 0.15) is 27.5 Å². The number of methoxy groups -OCH3 is 1.